The van der Waals surface area contributed by atoms with E-state index in [0.717, 1.165) is 17.1 Å². The fourth-order valence-electron chi connectivity index (χ4n) is 3.69. The first kappa shape index (κ1) is 32.0. The number of nitrogens with one attached hydrogen (secondary N) is 2. The van der Waals surface area contributed by atoms with E-state index >= 15 is 0 Å². The number of carbonyl (C=O) groups is 1. The zero-order valence-corrected chi connectivity index (χ0v) is 22.3. The topological polar surface area (TPSA) is 79.8 Å². The van der Waals surface area contributed by atoms with Crippen molar-refractivity contribution in [3.8, 4) is 0 Å². The van der Waals surface area contributed by atoms with Crippen molar-refractivity contribution in [3.63, 3.8) is 0 Å². The van der Waals surface area contributed by atoms with Crippen LogP contribution in [0, 0.1) is 11.2 Å². The molecule has 1 aromatic rings. The molecule has 0 bridgehead atoms. The molecule has 1 fully saturated rings. The highest BCUT2D eigenvalue weighted by molar-refractivity contribution is 7.99. The second-order valence-corrected chi connectivity index (χ2v) is 10.5. The molecule has 0 spiro atoms. The molecule has 202 valence electrons. The molecule has 1 aromatic carbocycles. The van der Waals surface area contributed by atoms with Crippen molar-refractivity contribution in [1.82, 2.24) is 10.6 Å². The zero-order chi connectivity index (χ0) is 25.3. The molecule has 11 heteroatoms. The van der Waals surface area contributed by atoms with Crippen molar-refractivity contribution in [3.05, 3.63) is 29.6 Å². The molecule has 0 aliphatic carbocycles. The average molecular weight is 543 g/mol. The first-order chi connectivity index (χ1) is 16.1. The van der Waals surface area contributed by atoms with Gasteiger partial charge < -0.3 is 25.2 Å². The van der Waals surface area contributed by atoms with Crippen molar-refractivity contribution in [2.75, 3.05) is 32.3 Å². The fourth-order valence-corrected chi connectivity index (χ4v) is 4.56. The number of amides is 1. The van der Waals surface area contributed by atoms with Crippen molar-refractivity contribution in [2.24, 2.45) is 5.41 Å². The van der Waals surface area contributed by atoms with Gasteiger partial charge in [-0.25, -0.2) is 4.39 Å². The maximum Gasteiger partial charge on any atom is 0.217 e. The Labute approximate surface area is 216 Å². The highest BCUT2D eigenvalue weighted by Crippen LogP contribution is 2.24. The number of carbonyl (C=O) groups excluding carboxylic acids is 1. The minimum absolute atomic E-state index is 0. The quantitative estimate of drug-likeness (QED) is 0.329. The molecule has 1 heterocycles. The molecule has 0 radical (unpaired) electrons. The van der Waals surface area contributed by atoms with Gasteiger partial charge in [0.2, 0.25) is 5.91 Å². The monoisotopic (exact) mass is 542 g/mol. The van der Waals surface area contributed by atoms with Gasteiger partial charge >= 0.3 is 0 Å². The van der Waals surface area contributed by atoms with Gasteiger partial charge in [0.25, 0.3) is 0 Å². The maximum atomic E-state index is 14.2. The number of aliphatic hydroxyl groups is 1. The van der Waals surface area contributed by atoms with E-state index in [-0.39, 0.29) is 49.8 Å². The third-order valence-corrected chi connectivity index (χ3v) is 6.82. The van der Waals surface area contributed by atoms with Crippen LogP contribution >= 0.6 is 24.2 Å². The van der Waals surface area contributed by atoms with Gasteiger partial charge in [-0.3, -0.25) is 13.6 Å². The number of rotatable bonds is 13. The lowest BCUT2D eigenvalue weighted by atomic mass is 9.95. The molecule has 1 aliphatic rings. The minimum atomic E-state index is -1.23. The van der Waals surface area contributed by atoms with Gasteiger partial charge in [0.05, 0.1) is 50.8 Å². The normalized spacial score (nSPS) is 22.2. The number of aliphatic hydroxyl groups excluding tert-OH is 1. The van der Waals surface area contributed by atoms with E-state index in [2.05, 4.69) is 10.6 Å². The molecule has 0 aromatic heterocycles. The molecule has 1 amide bonds. The lowest BCUT2D eigenvalue weighted by Gasteiger charge is -2.40. The summed E-state index contributed by atoms with van der Waals surface area (Å²) in [5.74, 6) is 0.179. The van der Waals surface area contributed by atoms with Crippen LogP contribution in [0.5, 0.6) is 0 Å². The smallest absolute Gasteiger partial charge is 0.217 e. The highest BCUT2D eigenvalue weighted by atomic mass is 35.5. The molecule has 1 aliphatic heterocycles. The summed E-state index contributed by atoms with van der Waals surface area (Å²) >= 11 is 1.55. The zero-order valence-electron chi connectivity index (χ0n) is 20.7. The molecule has 0 saturated carbocycles. The summed E-state index contributed by atoms with van der Waals surface area (Å²) in [6.07, 6.45) is -0.581. The van der Waals surface area contributed by atoms with E-state index < -0.39 is 43.2 Å². The predicted molar refractivity (Wildman–Crippen MR) is 134 cm³/mol. The number of halogens is 4. The van der Waals surface area contributed by atoms with Crippen LogP contribution in [-0.2, 0) is 20.7 Å². The number of alkyl halides is 2. The summed E-state index contributed by atoms with van der Waals surface area (Å²) in [5.41, 5.74) is -0.561. The van der Waals surface area contributed by atoms with Crippen LogP contribution in [0.2, 0.25) is 0 Å². The second kappa shape index (κ2) is 15.3. The summed E-state index contributed by atoms with van der Waals surface area (Å²) in [7, 11) is 0. The van der Waals surface area contributed by atoms with E-state index in [0.29, 0.717) is 5.56 Å². The number of hydrogen-bond acceptors (Lipinski definition) is 6. The summed E-state index contributed by atoms with van der Waals surface area (Å²) in [6, 6.07) is 3.15. The molecule has 3 N–H and O–H groups in total. The number of morpholine rings is 1. The second-order valence-electron chi connectivity index (χ2n) is 9.30. The van der Waals surface area contributed by atoms with E-state index in [1.807, 2.05) is 13.0 Å². The van der Waals surface area contributed by atoms with Gasteiger partial charge in [-0.05, 0) is 49.3 Å². The molecule has 0 unspecified atom stereocenters. The Balaban J connectivity index is 0.00000612. The predicted octanol–water partition coefficient (Wildman–Crippen LogP) is 3.82. The van der Waals surface area contributed by atoms with Gasteiger partial charge in [0.15, 0.2) is 6.29 Å². The van der Waals surface area contributed by atoms with E-state index in [9.17, 15) is 23.1 Å². The minimum Gasteiger partial charge on any atom is -0.389 e. The molecular weight excluding hydrogens is 505 g/mol. The highest BCUT2D eigenvalue weighted by Gasteiger charge is 2.37. The lowest BCUT2D eigenvalue weighted by molar-refractivity contribution is -0.205. The third-order valence-electron chi connectivity index (χ3n) is 5.64. The van der Waals surface area contributed by atoms with Crippen LogP contribution in [0.4, 0.5) is 13.2 Å². The SMILES string of the molecule is CCCSc1cc(F)cc(C[C@H](NC(C)=O)[C@H](O)[C@H]2CO[C@@H](OCC(C)(CF)CF)[C@H](C)N2)c1.Cl. The summed E-state index contributed by atoms with van der Waals surface area (Å²) in [5, 5.41) is 17.0. The molecule has 5 atom stereocenters. The van der Waals surface area contributed by atoms with Crippen LogP contribution in [0.25, 0.3) is 0 Å². The number of hydrogen-bond donors (Lipinski definition) is 3. The van der Waals surface area contributed by atoms with Gasteiger partial charge in [-0.1, -0.05) is 13.8 Å². The summed E-state index contributed by atoms with van der Waals surface area (Å²) in [4.78, 5) is 12.6. The van der Waals surface area contributed by atoms with Crippen molar-refractivity contribution in [1.29, 1.82) is 0 Å². The maximum absolute atomic E-state index is 14.2. The Morgan fingerprint density at radius 2 is 2.06 bits per heavy atom. The van der Waals surface area contributed by atoms with Crippen molar-refractivity contribution in [2.45, 2.75) is 76.0 Å². The first-order valence-corrected chi connectivity index (χ1v) is 12.6. The Hall–Kier alpha value is -1.04. The Bertz CT molecular complexity index is 791. The van der Waals surface area contributed by atoms with Crippen LogP contribution in [-0.4, -0.2) is 73.8 Å². The molecule has 2 rings (SSSR count). The van der Waals surface area contributed by atoms with Gasteiger partial charge in [0, 0.05) is 17.2 Å². The van der Waals surface area contributed by atoms with Gasteiger partial charge in [-0.15, -0.1) is 24.2 Å². The van der Waals surface area contributed by atoms with Crippen molar-refractivity contribution >= 4 is 30.1 Å². The van der Waals surface area contributed by atoms with Gasteiger partial charge in [0.1, 0.15) is 5.82 Å². The van der Waals surface area contributed by atoms with Gasteiger partial charge in [-0.2, -0.15) is 0 Å². The Morgan fingerprint density at radius 3 is 2.63 bits per heavy atom. The standard InChI is InChI=1S/C24H37F3N2O4S.ClH/c1-5-6-34-19-8-17(7-18(27)10-19)9-20(29-16(3)30)22(31)21-11-32-23(15(2)28-21)33-14-24(4,12-25)13-26;/h7-8,10,15,20-23,28,31H,5-6,9,11-14H2,1-4H3,(H,29,30);1H/t15-,20-,21+,22-,23-;/m0./s1. The van der Waals surface area contributed by atoms with Crippen LogP contribution in [0.3, 0.4) is 0 Å². The molecular formula is C24H38ClF3N2O4S. The third kappa shape index (κ3) is 10.1. The van der Waals surface area contributed by atoms with E-state index in [4.69, 9.17) is 9.47 Å². The van der Waals surface area contributed by atoms with Crippen LogP contribution in [0.15, 0.2) is 23.1 Å². The lowest BCUT2D eigenvalue weighted by Crippen LogP contribution is -2.62. The largest absolute Gasteiger partial charge is 0.389 e. The summed E-state index contributed by atoms with van der Waals surface area (Å²) < 4.78 is 51.6. The molecule has 35 heavy (non-hydrogen) atoms. The van der Waals surface area contributed by atoms with E-state index in [1.165, 1.54) is 26.0 Å². The van der Waals surface area contributed by atoms with Crippen LogP contribution in [0.1, 0.15) is 39.7 Å². The van der Waals surface area contributed by atoms with Crippen molar-refractivity contribution < 1.29 is 32.5 Å². The number of benzene rings is 1. The first-order valence-electron chi connectivity index (χ1n) is 11.6. The number of thioether (sulfide) groups is 1. The fraction of sp³-hybridized carbons (Fsp3) is 0.708. The Morgan fingerprint density at radius 1 is 1.37 bits per heavy atom. The van der Waals surface area contributed by atoms with Crippen LogP contribution < -0.4 is 10.6 Å². The number of ether oxygens (including phenoxy) is 2. The van der Waals surface area contributed by atoms with E-state index in [1.54, 1.807) is 18.7 Å². The Kier molecular flexibility index (Phi) is 14.0. The molecule has 6 nitrogen and oxygen atoms in total. The molecule has 1 saturated heterocycles. The summed E-state index contributed by atoms with van der Waals surface area (Å²) in [6.45, 7) is 4.86. The average Bonchev–Trinajstić information content (AvgIpc) is 2.80.